The van der Waals surface area contributed by atoms with E-state index in [0.29, 0.717) is 0 Å². The van der Waals surface area contributed by atoms with Gasteiger partial charge in [-0.1, -0.05) is 0 Å². The van der Waals surface area contributed by atoms with Gasteiger partial charge in [-0.2, -0.15) is 0 Å². The Morgan fingerprint density at radius 1 is 0.714 bits per heavy atom. The van der Waals surface area contributed by atoms with E-state index in [-0.39, 0.29) is 0 Å². The lowest BCUT2D eigenvalue weighted by atomic mass is 10.8. The largest absolute Gasteiger partial charge is 0.456 e. The molecule has 0 spiro atoms. The average molecular weight is 232 g/mol. The Hall–Kier alpha value is -0.626. The lowest BCUT2D eigenvalue weighted by Gasteiger charge is -2.12. The monoisotopic (exact) mass is 232 g/mol. The second-order valence-corrected chi connectivity index (χ2v) is 13.7. The zero-order chi connectivity index (χ0) is 11.2. The van der Waals surface area contributed by atoms with Crippen LogP contribution in [0.25, 0.3) is 0 Å². The Balaban J connectivity index is 3.73. The van der Waals surface area contributed by atoms with Crippen LogP contribution in [-0.2, 0) is 9.05 Å². The van der Waals surface area contributed by atoms with Crippen molar-refractivity contribution in [3.63, 3.8) is 0 Å². The Morgan fingerprint density at radius 3 is 1.21 bits per heavy atom. The van der Waals surface area contributed by atoms with E-state index in [9.17, 15) is 0 Å². The van der Waals surface area contributed by atoms with Crippen LogP contribution in [0, 0.1) is 0 Å². The van der Waals surface area contributed by atoms with Crippen molar-refractivity contribution in [2.45, 2.75) is 39.3 Å². The van der Waals surface area contributed by atoms with E-state index in [1.54, 1.807) is 0 Å². The quantitative estimate of drug-likeness (QED) is 0.415. The van der Waals surface area contributed by atoms with Gasteiger partial charge >= 0.3 is 0 Å². The topological polar surface area (TPSA) is 43.2 Å². The Bertz CT molecular complexity index is 192. The lowest BCUT2D eigenvalue weighted by Crippen LogP contribution is -2.22. The van der Waals surface area contributed by atoms with Crippen molar-refractivity contribution in [2.75, 3.05) is 0 Å². The molecule has 0 aromatic heterocycles. The number of oxime groups is 2. The number of hydrogen-bond donors (Lipinski definition) is 0. The molecule has 0 atom stereocenters. The molecule has 82 valence electrons. The fourth-order valence-corrected chi connectivity index (χ4v) is 1.19. The first-order chi connectivity index (χ1) is 6.21. The molecular formula is C8H20N2O2Si2. The van der Waals surface area contributed by atoms with Gasteiger partial charge in [-0.15, -0.1) is 10.3 Å². The normalized spacial score (nSPS) is 13.9. The van der Waals surface area contributed by atoms with Gasteiger partial charge in [0.1, 0.15) is 0 Å². The van der Waals surface area contributed by atoms with E-state index in [1.807, 2.05) is 0 Å². The summed E-state index contributed by atoms with van der Waals surface area (Å²) >= 11 is 0. The van der Waals surface area contributed by atoms with Crippen LogP contribution in [0.4, 0.5) is 0 Å². The molecule has 14 heavy (non-hydrogen) atoms. The van der Waals surface area contributed by atoms with Crippen molar-refractivity contribution in [3.8, 4) is 0 Å². The molecule has 0 aliphatic heterocycles. The molecule has 0 fully saturated rings. The molecule has 0 saturated carbocycles. The van der Waals surface area contributed by atoms with Gasteiger partial charge in [0.05, 0.1) is 12.4 Å². The zero-order valence-electron chi connectivity index (χ0n) is 9.87. The summed E-state index contributed by atoms with van der Waals surface area (Å²) in [7, 11) is -3.09. The van der Waals surface area contributed by atoms with Crippen molar-refractivity contribution in [3.05, 3.63) is 0 Å². The van der Waals surface area contributed by atoms with Gasteiger partial charge in [0.25, 0.3) is 16.6 Å². The first-order valence-electron chi connectivity index (χ1n) is 4.62. The minimum absolute atomic E-state index is 1.51. The van der Waals surface area contributed by atoms with Gasteiger partial charge in [0.15, 0.2) is 0 Å². The molecule has 0 N–H and O–H groups in total. The van der Waals surface area contributed by atoms with Crippen molar-refractivity contribution >= 4 is 29.1 Å². The number of nitrogens with zero attached hydrogens (tertiary/aromatic N) is 2. The maximum Gasteiger partial charge on any atom is 0.278 e. The molecule has 0 rings (SSSR count). The van der Waals surface area contributed by atoms with Crippen LogP contribution in [0.3, 0.4) is 0 Å². The molecule has 0 aliphatic carbocycles. The van der Waals surface area contributed by atoms with Crippen LogP contribution in [0.1, 0.15) is 0 Å². The third-order valence-electron chi connectivity index (χ3n) is 0.842. The highest BCUT2D eigenvalue weighted by molar-refractivity contribution is 6.70. The number of rotatable bonds is 5. The van der Waals surface area contributed by atoms with Gasteiger partial charge < -0.3 is 9.05 Å². The highest BCUT2D eigenvalue weighted by Gasteiger charge is 2.15. The molecule has 0 unspecified atom stereocenters. The molecule has 0 saturated heterocycles. The summed E-state index contributed by atoms with van der Waals surface area (Å²) in [6.45, 7) is 12.4. The maximum absolute atomic E-state index is 5.23. The summed E-state index contributed by atoms with van der Waals surface area (Å²) in [5.41, 5.74) is 0. The Labute approximate surface area is 88.2 Å². The van der Waals surface area contributed by atoms with Crippen molar-refractivity contribution in [1.82, 2.24) is 0 Å². The molecule has 0 aromatic rings. The van der Waals surface area contributed by atoms with Crippen molar-refractivity contribution in [2.24, 2.45) is 10.3 Å². The van der Waals surface area contributed by atoms with Crippen LogP contribution < -0.4 is 0 Å². The van der Waals surface area contributed by atoms with Crippen LogP contribution in [0.2, 0.25) is 39.3 Å². The van der Waals surface area contributed by atoms with E-state index in [1.165, 1.54) is 12.4 Å². The second kappa shape index (κ2) is 5.30. The van der Waals surface area contributed by atoms with E-state index in [4.69, 9.17) is 9.05 Å². The third kappa shape index (κ3) is 11.4. The molecular weight excluding hydrogens is 212 g/mol. The molecule has 0 aliphatic rings. The fourth-order valence-electron chi connectivity index (χ4n) is 0.432. The highest BCUT2D eigenvalue weighted by Crippen LogP contribution is 2.02. The zero-order valence-corrected chi connectivity index (χ0v) is 11.9. The van der Waals surface area contributed by atoms with Gasteiger partial charge in [0.2, 0.25) is 0 Å². The van der Waals surface area contributed by atoms with E-state index < -0.39 is 16.6 Å². The van der Waals surface area contributed by atoms with Crippen LogP contribution in [0.15, 0.2) is 10.3 Å². The highest BCUT2D eigenvalue weighted by atomic mass is 28.4. The summed E-state index contributed by atoms with van der Waals surface area (Å²) in [6.07, 6.45) is 3.02. The van der Waals surface area contributed by atoms with Crippen LogP contribution in [-0.4, -0.2) is 29.1 Å². The standard InChI is InChI=1S/C8H20N2O2Si2/c1-13(2,3)11-9-7-8-10-12-14(4,5)6/h7-8H,1-6H3. The molecule has 0 radical (unpaired) electrons. The van der Waals surface area contributed by atoms with Crippen LogP contribution >= 0.6 is 0 Å². The van der Waals surface area contributed by atoms with E-state index in [2.05, 4.69) is 49.6 Å². The Kier molecular flexibility index (Phi) is 5.07. The summed E-state index contributed by atoms with van der Waals surface area (Å²) in [5.74, 6) is 0. The molecule has 0 aromatic carbocycles. The Morgan fingerprint density at radius 2 is 1.00 bits per heavy atom. The number of hydrogen-bond acceptors (Lipinski definition) is 4. The fraction of sp³-hybridized carbons (Fsp3) is 0.750. The van der Waals surface area contributed by atoms with E-state index >= 15 is 0 Å². The van der Waals surface area contributed by atoms with Crippen LogP contribution in [0.5, 0.6) is 0 Å². The van der Waals surface area contributed by atoms with E-state index in [0.717, 1.165) is 0 Å². The summed E-state index contributed by atoms with van der Waals surface area (Å²) in [6, 6.07) is 0. The van der Waals surface area contributed by atoms with Gasteiger partial charge in [-0.3, -0.25) is 0 Å². The molecule has 0 bridgehead atoms. The van der Waals surface area contributed by atoms with Crippen molar-refractivity contribution in [1.29, 1.82) is 0 Å². The second-order valence-electron chi connectivity index (χ2n) is 4.92. The van der Waals surface area contributed by atoms with Crippen molar-refractivity contribution < 1.29 is 9.05 Å². The first kappa shape index (κ1) is 13.4. The minimum atomic E-state index is -1.55. The predicted octanol–water partition coefficient (Wildman–Crippen LogP) is 2.66. The average Bonchev–Trinajstić information content (AvgIpc) is 1.92. The minimum Gasteiger partial charge on any atom is -0.456 e. The molecule has 4 nitrogen and oxygen atoms in total. The summed E-state index contributed by atoms with van der Waals surface area (Å²) < 4.78 is 10.5. The molecule has 0 heterocycles. The summed E-state index contributed by atoms with van der Waals surface area (Å²) in [5, 5.41) is 7.57. The van der Waals surface area contributed by atoms with Gasteiger partial charge in [-0.25, -0.2) is 0 Å². The lowest BCUT2D eigenvalue weighted by molar-refractivity contribution is 0.334. The molecule has 6 heteroatoms. The third-order valence-corrected chi connectivity index (χ3v) is 2.15. The SMILES string of the molecule is C[Si](C)(C)ON=CC=NO[Si](C)(C)C. The maximum atomic E-state index is 5.23. The smallest absolute Gasteiger partial charge is 0.278 e. The van der Waals surface area contributed by atoms with Gasteiger partial charge in [0, 0.05) is 0 Å². The summed E-state index contributed by atoms with van der Waals surface area (Å²) in [4.78, 5) is 0. The first-order valence-corrected chi connectivity index (χ1v) is 11.4. The van der Waals surface area contributed by atoms with Gasteiger partial charge in [-0.05, 0) is 39.3 Å². The molecule has 0 amide bonds. The predicted molar refractivity (Wildman–Crippen MR) is 65.8 cm³/mol.